The zero-order valence-electron chi connectivity index (χ0n) is 17.0. The normalized spacial score (nSPS) is 14.0. The summed E-state index contributed by atoms with van der Waals surface area (Å²) in [4.78, 5) is 26.0. The van der Waals surface area contributed by atoms with Crippen LogP contribution in [0.4, 0.5) is 17.5 Å². The van der Waals surface area contributed by atoms with Crippen molar-refractivity contribution in [2.24, 2.45) is 0 Å². The second-order valence-corrected chi connectivity index (χ2v) is 7.01. The van der Waals surface area contributed by atoms with Crippen molar-refractivity contribution < 1.29 is 4.79 Å². The van der Waals surface area contributed by atoms with Gasteiger partial charge in [0.2, 0.25) is 5.95 Å². The number of fused-ring (bicyclic) bond motifs is 1. The van der Waals surface area contributed by atoms with Crippen LogP contribution in [0, 0.1) is 0 Å². The Bertz CT molecular complexity index is 1030. The molecule has 0 spiro atoms. The minimum Gasteiger partial charge on any atom is -0.357 e. The molecule has 3 aromatic rings. The number of benzene rings is 1. The summed E-state index contributed by atoms with van der Waals surface area (Å²) in [5, 5.41) is 7.54. The Labute approximate surface area is 170 Å². The lowest BCUT2D eigenvalue weighted by molar-refractivity contribution is 0.0989. The second-order valence-electron chi connectivity index (χ2n) is 7.01. The van der Waals surface area contributed by atoms with E-state index in [1.165, 1.54) is 5.56 Å². The Morgan fingerprint density at radius 1 is 1.14 bits per heavy atom. The van der Waals surface area contributed by atoms with Gasteiger partial charge in [-0.2, -0.15) is 10.1 Å². The molecule has 150 valence electrons. The first-order chi connectivity index (χ1) is 14.1. The second kappa shape index (κ2) is 7.90. The van der Waals surface area contributed by atoms with E-state index in [4.69, 9.17) is 0 Å². The van der Waals surface area contributed by atoms with Crippen molar-refractivity contribution in [1.82, 2.24) is 19.7 Å². The summed E-state index contributed by atoms with van der Waals surface area (Å²) in [6, 6.07) is 7.88. The molecule has 1 amide bonds. The maximum atomic E-state index is 13.3. The number of carbonyl (C=O) groups excluding carboxylic acids is 1. The molecule has 8 heteroatoms. The fourth-order valence-electron chi connectivity index (χ4n) is 3.39. The Balaban J connectivity index is 1.69. The third-order valence-corrected chi connectivity index (χ3v) is 5.05. The summed E-state index contributed by atoms with van der Waals surface area (Å²) < 4.78 is 1.84. The summed E-state index contributed by atoms with van der Waals surface area (Å²) in [6.45, 7) is 6.05. The van der Waals surface area contributed by atoms with Crippen molar-refractivity contribution in [1.29, 1.82) is 0 Å². The van der Waals surface area contributed by atoms with Gasteiger partial charge in [-0.15, -0.1) is 0 Å². The lowest BCUT2D eigenvalue weighted by Gasteiger charge is -2.21. The highest BCUT2D eigenvalue weighted by Gasteiger charge is 2.28. The monoisotopic (exact) mass is 391 g/mol. The minimum atomic E-state index is -0.0979. The molecule has 1 N–H and O–H groups in total. The molecule has 0 fully saturated rings. The number of aryl methyl sites for hydroxylation is 1. The van der Waals surface area contributed by atoms with Gasteiger partial charge < -0.3 is 15.1 Å². The van der Waals surface area contributed by atoms with E-state index < -0.39 is 0 Å². The molecular weight excluding hydrogens is 366 g/mol. The summed E-state index contributed by atoms with van der Waals surface area (Å²) >= 11 is 0. The van der Waals surface area contributed by atoms with E-state index in [9.17, 15) is 4.79 Å². The van der Waals surface area contributed by atoms with E-state index in [-0.39, 0.29) is 5.91 Å². The molecule has 0 saturated carbocycles. The molecule has 29 heavy (non-hydrogen) atoms. The average molecular weight is 391 g/mol. The molecule has 0 saturated heterocycles. The fraction of sp³-hybridized carbons (Fsp3) is 0.333. The van der Waals surface area contributed by atoms with E-state index in [0.717, 1.165) is 24.3 Å². The number of aromatic nitrogens is 4. The van der Waals surface area contributed by atoms with Gasteiger partial charge in [-0.3, -0.25) is 4.79 Å². The molecular formula is C21H25N7O. The predicted octanol–water partition coefficient (Wildman–Crippen LogP) is 2.75. The first kappa shape index (κ1) is 18.9. The molecule has 0 atom stereocenters. The Morgan fingerprint density at radius 3 is 2.72 bits per heavy atom. The number of anilines is 3. The predicted molar refractivity (Wildman–Crippen MR) is 114 cm³/mol. The zero-order valence-corrected chi connectivity index (χ0v) is 17.0. The van der Waals surface area contributed by atoms with Crippen LogP contribution < -0.4 is 15.1 Å². The maximum Gasteiger partial charge on any atom is 0.263 e. The van der Waals surface area contributed by atoms with Crippen molar-refractivity contribution >= 4 is 23.4 Å². The zero-order chi connectivity index (χ0) is 20.4. The van der Waals surface area contributed by atoms with Crippen molar-refractivity contribution in [3.8, 4) is 5.69 Å². The fourth-order valence-corrected chi connectivity index (χ4v) is 3.39. The van der Waals surface area contributed by atoms with Gasteiger partial charge in [0.05, 0.1) is 11.9 Å². The van der Waals surface area contributed by atoms with Crippen LogP contribution in [0.5, 0.6) is 0 Å². The van der Waals surface area contributed by atoms with Crippen LogP contribution in [-0.2, 0) is 6.42 Å². The Kier molecular flexibility index (Phi) is 5.16. The number of hydrogen-bond acceptors (Lipinski definition) is 6. The number of nitrogens with one attached hydrogen (secondary N) is 1. The molecule has 4 rings (SSSR count). The molecule has 8 nitrogen and oxygen atoms in total. The van der Waals surface area contributed by atoms with Gasteiger partial charge in [-0.05, 0) is 37.1 Å². The molecule has 1 aromatic carbocycles. The topological polar surface area (TPSA) is 79.2 Å². The van der Waals surface area contributed by atoms with Crippen molar-refractivity contribution in [3.05, 3.63) is 54.0 Å². The third kappa shape index (κ3) is 3.65. The largest absolute Gasteiger partial charge is 0.357 e. The van der Waals surface area contributed by atoms with Gasteiger partial charge in [0.1, 0.15) is 11.4 Å². The maximum absolute atomic E-state index is 13.3. The molecule has 2 aromatic heterocycles. The smallest absolute Gasteiger partial charge is 0.263 e. The van der Waals surface area contributed by atoms with Crippen LogP contribution in [-0.4, -0.2) is 52.3 Å². The summed E-state index contributed by atoms with van der Waals surface area (Å²) in [5.74, 6) is 1.09. The van der Waals surface area contributed by atoms with Crippen LogP contribution in [0.25, 0.3) is 5.69 Å². The minimum absolute atomic E-state index is 0.0979. The van der Waals surface area contributed by atoms with Gasteiger partial charge >= 0.3 is 0 Å². The number of nitrogens with zero attached hydrogens (tertiary/aromatic N) is 6. The highest BCUT2D eigenvalue weighted by Crippen LogP contribution is 2.27. The van der Waals surface area contributed by atoms with Gasteiger partial charge in [0.25, 0.3) is 5.91 Å². The molecule has 0 aliphatic carbocycles. The quantitative estimate of drug-likeness (QED) is 0.720. The highest BCUT2D eigenvalue weighted by molar-refractivity contribution is 6.09. The van der Waals surface area contributed by atoms with Crippen molar-refractivity contribution in [2.75, 3.05) is 41.8 Å². The van der Waals surface area contributed by atoms with Crippen LogP contribution in [0.2, 0.25) is 0 Å². The van der Waals surface area contributed by atoms with Crippen LogP contribution >= 0.6 is 0 Å². The first-order valence-corrected chi connectivity index (χ1v) is 9.88. The number of amides is 1. The van der Waals surface area contributed by atoms with Crippen LogP contribution in [0.1, 0.15) is 29.8 Å². The molecule has 3 heterocycles. The first-order valence-electron chi connectivity index (χ1n) is 9.88. The Hall–Kier alpha value is -3.42. The number of hydrogen-bond donors (Lipinski definition) is 1. The highest BCUT2D eigenvalue weighted by atomic mass is 16.2. The van der Waals surface area contributed by atoms with E-state index in [1.54, 1.807) is 11.1 Å². The average Bonchev–Trinajstić information content (AvgIpc) is 3.19. The molecule has 1 aliphatic heterocycles. The van der Waals surface area contributed by atoms with E-state index in [0.29, 0.717) is 30.4 Å². The van der Waals surface area contributed by atoms with Crippen LogP contribution in [0.3, 0.4) is 0 Å². The molecule has 0 unspecified atom stereocenters. The number of likely N-dealkylation sites (N-methyl/N-ethyl adjacent to an activating group) is 1. The van der Waals surface area contributed by atoms with E-state index in [2.05, 4.69) is 27.3 Å². The molecule has 0 radical (unpaired) electrons. The van der Waals surface area contributed by atoms with Crippen LogP contribution in [0.15, 0.2) is 42.9 Å². The molecule has 1 aliphatic rings. The SMILES string of the molecule is CCNc1ncc2c(n1)N(C)CCN(c1cccc(-n3cc(CC)cn3)c1)C2=O. The molecule has 0 bridgehead atoms. The van der Waals surface area contributed by atoms with Gasteiger partial charge in [0.15, 0.2) is 0 Å². The lowest BCUT2D eigenvalue weighted by atomic mass is 10.2. The summed E-state index contributed by atoms with van der Waals surface area (Å²) in [5.41, 5.74) is 3.43. The lowest BCUT2D eigenvalue weighted by Crippen LogP contribution is -2.33. The number of rotatable bonds is 5. The van der Waals surface area contributed by atoms with E-state index in [1.807, 2.05) is 60.2 Å². The third-order valence-electron chi connectivity index (χ3n) is 5.05. The van der Waals surface area contributed by atoms with Gasteiger partial charge in [-0.25, -0.2) is 9.67 Å². The van der Waals surface area contributed by atoms with E-state index >= 15 is 0 Å². The van der Waals surface area contributed by atoms with Gasteiger partial charge in [-0.1, -0.05) is 13.0 Å². The standard InChI is InChI=1S/C21H25N7O/c1-4-15-12-24-28(14-15)17-8-6-7-16(11-17)27-10-9-26(3)19-18(20(27)29)13-23-21(25-19)22-5-2/h6-8,11-14H,4-5,9-10H2,1-3H3,(H,22,23,25). The van der Waals surface area contributed by atoms with Crippen molar-refractivity contribution in [2.45, 2.75) is 20.3 Å². The summed E-state index contributed by atoms with van der Waals surface area (Å²) in [6.07, 6.45) is 6.43. The van der Waals surface area contributed by atoms with Gasteiger partial charge in [0, 0.05) is 44.8 Å². The van der Waals surface area contributed by atoms with Crippen molar-refractivity contribution in [3.63, 3.8) is 0 Å². The summed E-state index contributed by atoms with van der Waals surface area (Å²) in [7, 11) is 1.95. The number of carbonyl (C=O) groups is 1. The Morgan fingerprint density at radius 2 is 1.97 bits per heavy atom.